The topological polar surface area (TPSA) is 12.9 Å². The molecule has 1 aliphatic carbocycles. The van der Waals surface area contributed by atoms with Gasteiger partial charge in [-0.15, -0.1) is 0 Å². The molecule has 0 radical (unpaired) electrons. The minimum atomic E-state index is 0.961. The van der Waals surface area contributed by atoms with Gasteiger partial charge in [0.15, 0.2) is 0 Å². The molecule has 0 aromatic carbocycles. The molecule has 0 N–H and O–H groups in total. The van der Waals surface area contributed by atoms with Crippen LogP contribution in [0.1, 0.15) is 36.9 Å². The number of pyridine rings is 1. The quantitative estimate of drug-likeness (QED) is 0.704. The van der Waals surface area contributed by atoms with Crippen molar-refractivity contribution in [1.82, 2.24) is 4.98 Å². The van der Waals surface area contributed by atoms with Gasteiger partial charge < -0.3 is 0 Å². The summed E-state index contributed by atoms with van der Waals surface area (Å²) in [5.41, 5.74) is 2.38. The lowest BCUT2D eigenvalue weighted by Crippen LogP contribution is -2.08. The van der Waals surface area contributed by atoms with E-state index in [9.17, 15) is 0 Å². The predicted molar refractivity (Wildman–Crippen MR) is 60.0 cm³/mol. The van der Waals surface area contributed by atoms with Crippen LogP contribution in [-0.4, -0.2) is 4.98 Å². The first-order valence-corrected chi connectivity index (χ1v) is 5.44. The van der Waals surface area contributed by atoms with Crippen molar-refractivity contribution in [1.29, 1.82) is 0 Å². The van der Waals surface area contributed by atoms with Crippen molar-refractivity contribution < 1.29 is 0 Å². The number of nitrogens with zero attached hydrogens (tertiary/aromatic N) is 1. The van der Waals surface area contributed by atoms with Gasteiger partial charge in [-0.1, -0.05) is 37.5 Å². The number of allylic oxidation sites excluding steroid dienone is 1. The summed E-state index contributed by atoms with van der Waals surface area (Å²) < 4.78 is 0. The minimum Gasteiger partial charge on any atom is -0.261 e. The zero-order chi connectivity index (χ0) is 9.80. The molecular weight excluding hydrogens is 170 g/mol. The third-order valence-corrected chi connectivity index (χ3v) is 3.04. The minimum absolute atomic E-state index is 0.961. The van der Waals surface area contributed by atoms with E-state index in [1.165, 1.54) is 31.2 Å². The maximum Gasteiger partial charge on any atom is 0.0444 e. The normalized spacial score (nSPS) is 17.2. The van der Waals surface area contributed by atoms with E-state index in [1.807, 2.05) is 12.3 Å². The molecule has 2 rings (SSSR count). The van der Waals surface area contributed by atoms with Gasteiger partial charge in [0.2, 0.25) is 0 Å². The summed E-state index contributed by atoms with van der Waals surface area (Å²) in [5, 5.41) is 0. The van der Waals surface area contributed by atoms with Crippen LogP contribution in [0.4, 0.5) is 0 Å². The van der Waals surface area contributed by atoms with Gasteiger partial charge in [-0.3, -0.25) is 4.98 Å². The van der Waals surface area contributed by atoms with Crippen molar-refractivity contribution in [2.24, 2.45) is 5.92 Å². The largest absolute Gasteiger partial charge is 0.261 e. The Bertz CT molecular complexity index is 324. The van der Waals surface area contributed by atoms with Gasteiger partial charge in [-0.2, -0.15) is 0 Å². The summed E-state index contributed by atoms with van der Waals surface area (Å²) in [4.78, 5) is 4.26. The molecule has 1 heteroatoms. The molecule has 0 spiro atoms. The molecule has 0 atom stereocenters. The van der Waals surface area contributed by atoms with E-state index in [0.29, 0.717) is 0 Å². The molecule has 1 aromatic rings. The molecular formula is C13H17N. The molecule has 74 valence electrons. The molecule has 1 aromatic heterocycles. The lowest BCUT2D eigenvalue weighted by atomic mass is 9.83. The molecule has 1 nitrogen and oxygen atoms in total. The summed E-state index contributed by atoms with van der Waals surface area (Å²) in [6.45, 7) is 2.06. The number of aromatic nitrogens is 1. The Balaban J connectivity index is 1.92. The zero-order valence-electron chi connectivity index (χ0n) is 8.74. The molecule has 0 aliphatic heterocycles. The molecule has 0 unspecified atom stereocenters. The van der Waals surface area contributed by atoms with E-state index >= 15 is 0 Å². The standard InChI is InChI=1S/C13H17N/c1-11-13(9-4-10-14-11)8-3-7-12-5-2-6-12/h3-4,8-10,12H,2,5-7H2,1H3/b8-3-. The summed E-state index contributed by atoms with van der Waals surface area (Å²) in [6, 6.07) is 4.12. The van der Waals surface area contributed by atoms with Gasteiger partial charge in [-0.05, 0) is 30.9 Å². The first-order chi connectivity index (χ1) is 6.86. The fourth-order valence-corrected chi connectivity index (χ4v) is 1.79. The van der Waals surface area contributed by atoms with Gasteiger partial charge in [0.25, 0.3) is 0 Å². The average molecular weight is 187 g/mol. The fraction of sp³-hybridized carbons (Fsp3) is 0.462. The van der Waals surface area contributed by atoms with Crippen molar-refractivity contribution in [2.75, 3.05) is 0 Å². The Kier molecular flexibility index (Phi) is 2.97. The van der Waals surface area contributed by atoms with Crippen LogP contribution in [0.5, 0.6) is 0 Å². The Morgan fingerprint density at radius 1 is 1.50 bits per heavy atom. The Hall–Kier alpha value is -1.11. The molecule has 0 saturated heterocycles. The monoisotopic (exact) mass is 187 g/mol. The summed E-state index contributed by atoms with van der Waals surface area (Å²) in [7, 11) is 0. The van der Waals surface area contributed by atoms with Gasteiger partial charge in [0.05, 0.1) is 0 Å². The maximum atomic E-state index is 4.26. The Labute approximate surface area is 85.9 Å². The lowest BCUT2D eigenvalue weighted by Gasteiger charge is -2.23. The highest BCUT2D eigenvalue weighted by molar-refractivity contribution is 5.51. The zero-order valence-corrected chi connectivity index (χ0v) is 8.74. The van der Waals surface area contributed by atoms with E-state index in [0.717, 1.165) is 11.6 Å². The summed E-state index contributed by atoms with van der Waals surface area (Å²) in [5.74, 6) is 0.961. The van der Waals surface area contributed by atoms with Crippen molar-refractivity contribution in [2.45, 2.75) is 32.6 Å². The van der Waals surface area contributed by atoms with Crippen molar-refractivity contribution in [3.63, 3.8) is 0 Å². The van der Waals surface area contributed by atoms with E-state index in [1.54, 1.807) is 0 Å². The highest BCUT2D eigenvalue weighted by atomic mass is 14.7. The van der Waals surface area contributed by atoms with E-state index < -0.39 is 0 Å². The summed E-state index contributed by atoms with van der Waals surface area (Å²) >= 11 is 0. The van der Waals surface area contributed by atoms with Gasteiger partial charge in [-0.25, -0.2) is 0 Å². The maximum absolute atomic E-state index is 4.26. The molecule has 1 fully saturated rings. The molecule has 1 heterocycles. The SMILES string of the molecule is Cc1ncccc1/C=C\CC1CCC1. The van der Waals surface area contributed by atoms with Crippen LogP contribution in [0.25, 0.3) is 6.08 Å². The molecule has 1 saturated carbocycles. The van der Waals surface area contributed by atoms with Crippen LogP contribution < -0.4 is 0 Å². The number of hydrogen-bond donors (Lipinski definition) is 0. The number of hydrogen-bond acceptors (Lipinski definition) is 1. The smallest absolute Gasteiger partial charge is 0.0444 e. The highest BCUT2D eigenvalue weighted by Gasteiger charge is 2.14. The van der Waals surface area contributed by atoms with Gasteiger partial charge >= 0.3 is 0 Å². The van der Waals surface area contributed by atoms with E-state index in [2.05, 4.69) is 30.1 Å². The second-order valence-corrected chi connectivity index (χ2v) is 4.11. The van der Waals surface area contributed by atoms with Crippen LogP contribution in [0, 0.1) is 12.8 Å². The van der Waals surface area contributed by atoms with Crippen LogP contribution in [0.15, 0.2) is 24.4 Å². The molecule has 0 amide bonds. The van der Waals surface area contributed by atoms with Crippen molar-refractivity contribution >= 4 is 6.08 Å². The van der Waals surface area contributed by atoms with Crippen LogP contribution in [0.3, 0.4) is 0 Å². The fourth-order valence-electron chi connectivity index (χ4n) is 1.79. The van der Waals surface area contributed by atoms with Crippen molar-refractivity contribution in [3.8, 4) is 0 Å². The molecule has 1 aliphatic rings. The van der Waals surface area contributed by atoms with Crippen LogP contribution >= 0.6 is 0 Å². The average Bonchev–Trinajstić information content (AvgIpc) is 2.12. The molecule has 14 heavy (non-hydrogen) atoms. The van der Waals surface area contributed by atoms with E-state index in [-0.39, 0.29) is 0 Å². The van der Waals surface area contributed by atoms with Crippen LogP contribution in [-0.2, 0) is 0 Å². The third-order valence-electron chi connectivity index (χ3n) is 3.04. The Morgan fingerprint density at radius 3 is 3.00 bits per heavy atom. The predicted octanol–water partition coefficient (Wildman–Crippen LogP) is 3.59. The van der Waals surface area contributed by atoms with Gasteiger partial charge in [0.1, 0.15) is 0 Å². The van der Waals surface area contributed by atoms with Crippen LogP contribution in [0.2, 0.25) is 0 Å². The first-order valence-electron chi connectivity index (χ1n) is 5.44. The third kappa shape index (κ3) is 2.22. The number of rotatable bonds is 3. The highest BCUT2D eigenvalue weighted by Crippen LogP contribution is 2.29. The van der Waals surface area contributed by atoms with E-state index in [4.69, 9.17) is 0 Å². The van der Waals surface area contributed by atoms with Gasteiger partial charge in [0, 0.05) is 11.9 Å². The second-order valence-electron chi connectivity index (χ2n) is 4.11. The second kappa shape index (κ2) is 4.41. The number of aryl methyl sites for hydroxylation is 1. The molecule has 0 bridgehead atoms. The first kappa shape index (κ1) is 9.45. The lowest BCUT2D eigenvalue weighted by molar-refractivity contribution is 0.320. The summed E-state index contributed by atoms with van der Waals surface area (Å²) in [6.07, 6.45) is 11.9. The van der Waals surface area contributed by atoms with Crippen molar-refractivity contribution in [3.05, 3.63) is 35.7 Å². The Morgan fingerprint density at radius 2 is 2.36 bits per heavy atom.